The molecule has 1 aromatic heterocycles. The highest BCUT2D eigenvalue weighted by Gasteiger charge is 2.44. The first kappa shape index (κ1) is 23.4. The smallest absolute Gasteiger partial charge is 0.410 e. The molecule has 0 saturated carbocycles. The third-order valence-electron chi connectivity index (χ3n) is 6.07. The Morgan fingerprint density at radius 2 is 1.91 bits per heavy atom. The minimum Gasteiger partial charge on any atom is -0.480 e. The molecule has 0 bridgehead atoms. The predicted molar refractivity (Wildman–Crippen MR) is 118 cm³/mol. The van der Waals surface area contributed by atoms with Crippen molar-refractivity contribution in [3.63, 3.8) is 0 Å². The number of rotatable bonds is 6. The Morgan fingerprint density at radius 1 is 1.18 bits per heavy atom. The van der Waals surface area contributed by atoms with Crippen LogP contribution in [-0.4, -0.2) is 67.6 Å². The third-order valence-corrected chi connectivity index (χ3v) is 6.07. The molecule has 4 rings (SSSR count). The molecular weight excluding hydrogens is 445 g/mol. The second-order valence-electron chi connectivity index (χ2n) is 8.76. The average Bonchev–Trinajstić information content (AvgIpc) is 3.43. The number of halogens is 1. The lowest BCUT2D eigenvalue weighted by Crippen LogP contribution is -2.50. The van der Waals surface area contributed by atoms with Crippen LogP contribution in [0.1, 0.15) is 31.4 Å². The second kappa shape index (κ2) is 9.62. The molecule has 0 aliphatic carbocycles. The minimum atomic E-state index is -1.18. The highest BCUT2D eigenvalue weighted by Crippen LogP contribution is 2.28. The maximum absolute atomic E-state index is 14.0. The van der Waals surface area contributed by atoms with Gasteiger partial charge in [-0.1, -0.05) is 26.0 Å². The number of anilines is 1. The second-order valence-corrected chi connectivity index (χ2v) is 8.76. The highest BCUT2D eigenvalue weighted by molar-refractivity contribution is 5.89. The van der Waals surface area contributed by atoms with Crippen molar-refractivity contribution >= 4 is 23.9 Å². The number of aliphatic carboxylic acids is 1. The fraction of sp³-hybridized carbons (Fsp3) is 0.435. The predicted octanol–water partition coefficient (Wildman–Crippen LogP) is 2.26. The number of nitrogens with zero attached hydrogens (tertiary/aromatic N) is 4. The van der Waals surface area contributed by atoms with E-state index in [-0.39, 0.29) is 43.7 Å². The van der Waals surface area contributed by atoms with Crippen LogP contribution in [-0.2, 0) is 27.4 Å². The zero-order valence-electron chi connectivity index (χ0n) is 18.8. The van der Waals surface area contributed by atoms with Gasteiger partial charge in [0.2, 0.25) is 11.9 Å². The van der Waals surface area contributed by atoms with E-state index in [9.17, 15) is 23.9 Å². The monoisotopic (exact) mass is 471 g/mol. The van der Waals surface area contributed by atoms with Crippen LogP contribution < -0.4 is 5.32 Å². The molecule has 2 aliphatic rings. The number of ether oxygens (including phenoxy) is 1. The molecule has 10 nitrogen and oxygen atoms in total. The summed E-state index contributed by atoms with van der Waals surface area (Å²) >= 11 is 0. The van der Waals surface area contributed by atoms with Crippen LogP contribution in [0.25, 0.3) is 0 Å². The Labute approximate surface area is 195 Å². The summed E-state index contributed by atoms with van der Waals surface area (Å²) in [4.78, 5) is 48.7. The van der Waals surface area contributed by atoms with Gasteiger partial charge in [-0.2, -0.15) is 0 Å². The molecule has 2 aromatic rings. The molecule has 180 valence electrons. The largest absolute Gasteiger partial charge is 0.480 e. The van der Waals surface area contributed by atoms with E-state index in [4.69, 9.17) is 4.74 Å². The van der Waals surface area contributed by atoms with E-state index in [2.05, 4.69) is 15.3 Å². The number of amides is 2. The van der Waals surface area contributed by atoms with Crippen LogP contribution in [0.15, 0.2) is 36.7 Å². The van der Waals surface area contributed by atoms with Crippen molar-refractivity contribution < 1.29 is 28.6 Å². The topological polar surface area (TPSA) is 125 Å². The van der Waals surface area contributed by atoms with Crippen molar-refractivity contribution in [1.29, 1.82) is 0 Å². The number of benzene rings is 1. The first-order valence-corrected chi connectivity index (χ1v) is 11.0. The van der Waals surface area contributed by atoms with Crippen LogP contribution in [0, 0.1) is 11.7 Å². The van der Waals surface area contributed by atoms with Crippen LogP contribution >= 0.6 is 0 Å². The van der Waals surface area contributed by atoms with Gasteiger partial charge in [0.05, 0.1) is 13.1 Å². The number of fused-ring (bicyclic) bond motifs is 1. The summed E-state index contributed by atoms with van der Waals surface area (Å²) < 4.78 is 19.6. The molecule has 1 fully saturated rings. The van der Waals surface area contributed by atoms with Gasteiger partial charge in [-0.25, -0.2) is 23.9 Å². The van der Waals surface area contributed by atoms with Gasteiger partial charge in [-0.3, -0.25) is 9.69 Å². The summed E-state index contributed by atoms with van der Waals surface area (Å²) in [5.74, 6) is -1.94. The average molecular weight is 471 g/mol. The molecule has 1 saturated heterocycles. The summed E-state index contributed by atoms with van der Waals surface area (Å²) in [5.41, 5.74) is 1.15. The van der Waals surface area contributed by atoms with Gasteiger partial charge < -0.3 is 20.1 Å². The number of hydrogen-bond acceptors (Lipinski definition) is 7. The molecule has 1 aromatic carbocycles. The fourth-order valence-electron chi connectivity index (χ4n) is 4.29. The van der Waals surface area contributed by atoms with Crippen LogP contribution in [0.5, 0.6) is 0 Å². The quantitative estimate of drug-likeness (QED) is 0.657. The van der Waals surface area contributed by atoms with Gasteiger partial charge >= 0.3 is 12.1 Å². The Balaban J connectivity index is 1.44. The number of carboxylic acids is 1. The van der Waals surface area contributed by atoms with E-state index >= 15 is 0 Å². The number of carbonyl (C=O) groups excluding carboxylic acids is 2. The Kier molecular flexibility index (Phi) is 6.62. The van der Waals surface area contributed by atoms with Crippen molar-refractivity contribution in [1.82, 2.24) is 19.8 Å². The van der Waals surface area contributed by atoms with Gasteiger partial charge in [0.1, 0.15) is 24.0 Å². The number of hydrogen-bond donors (Lipinski definition) is 2. The summed E-state index contributed by atoms with van der Waals surface area (Å²) in [6, 6.07) is 4.40. The number of carbonyl (C=O) groups is 3. The lowest BCUT2D eigenvalue weighted by atomic mass is 10.0. The third kappa shape index (κ3) is 4.78. The molecule has 3 heterocycles. The Hall–Kier alpha value is -3.76. The number of likely N-dealkylation sites (tertiary alicyclic amines) is 1. The van der Waals surface area contributed by atoms with Gasteiger partial charge in [0.15, 0.2) is 0 Å². The van der Waals surface area contributed by atoms with E-state index in [1.54, 1.807) is 18.2 Å². The lowest BCUT2D eigenvalue weighted by Gasteiger charge is -2.29. The van der Waals surface area contributed by atoms with E-state index in [0.717, 1.165) is 0 Å². The zero-order valence-corrected chi connectivity index (χ0v) is 18.8. The highest BCUT2D eigenvalue weighted by atomic mass is 19.1. The lowest BCUT2D eigenvalue weighted by molar-refractivity contribution is -0.148. The first-order chi connectivity index (χ1) is 16.2. The number of carboxylic acid groups (broad SMARTS) is 1. The molecule has 0 spiro atoms. The van der Waals surface area contributed by atoms with E-state index in [0.29, 0.717) is 11.1 Å². The number of aromatic nitrogens is 2. The molecule has 2 N–H and O–H groups in total. The Bertz CT molecular complexity index is 1080. The van der Waals surface area contributed by atoms with E-state index < -0.39 is 36.2 Å². The number of nitrogens with one attached hydrogen (secondary N) is 1. The molecule has 0 unspecified atom stereocenters. The molecule has 3 atom stereocenters. The zero-order chi connectivity index (χ0) is 24.4. The van der Waals surface area contributed by atoms with Crippen molar-refractivity contribution in [3.05, 3.63) is 53.6 Å². The molecular formula is C23H26FN5O5. The SMILES string of the molecule is CC(C)[C@H](Nc1ncccn1)C(=O)N1C[C@H](OC(=O)N2Cc3cccc(F)c3C2)C[C@H]1C(=O)O. The minimum absolute atomic E-state index is 0.0331. The van der Waals surface area contributed by atoms with Crippen molar-refractivity contribution in [2.45, 2.75) is 51.5 Å². The summed E-state index contributed by atoms with van der Waals surface area (Å²) in [5, 5.41) is 12.7. The maximum atomic E-state index is 14.0. The molecule has 34 heavy (non-hydrogen) atoms. The van der Waals surface area contributed by atoms with Crippen molar-refractivity contribution in [2.24, 2.45) is 5.92 Å². The van der Waals surface area contributed by atoms with Crippen LogP contribution in [0.4, 0.5) is 15.1 Å². The maximum Gasteiger partial charge on any atom is 0.410 e. The summed E-state index contributed by atoms with van der Waals surface area (Å²) in [7, 11) is 0. The van der Waals surface area contributed by atoms with E-state index in [1.165, 1.54) is 28.3 Å². The molecule has 2 aliphatic heterocycles. The molecule has 2 amide bonds. The van der Waals surface area contributed by atoms with Crippen LogP contribution in [0.3, 0.4) is 0 Å². The van der Waals surface area contributed by atoms with Gasteiger partial charge in [-0.05, 0) is 23.6 Å². The van der Waals surface area contributed by atoms with Gasteiger partial charge in [0, 0.05) is 30.9 Å². The van der Waals surface area contributed by atoms with Crippen molar-refractivity contribution in [2.75, 3.05) is 11.9 Å². The molecule has 0 radical (unpaired) electrons. The fourth-order valence-corrected chi connectivity index (χ4v) is 4.29. The van der Waals surface area contributed by atoms with Gasteiger partial charge in [0.25, 0.3) is 0 Å². The summed E-state index contributed by atoms with van der Waals surface area (Å²) in [6.45, 7) is 3.88. The van der Waals surface area contributed by atoms with E-state index in [1.807, 2.05) is 13.8 Å². The standard InChI is InChI=1S/C23H26FN5O5/c1-13(2)19(27-22-25-7-4-8-26-22)20(30)29-11-15(9-18(29)21(31)32)34-23(33)28-10-14-5-3-6-17(24)16(14)12-28/h3-8,13,15,18-19H,9-12H2,1-2H3,(H,31,32)(H,25,26,27)/t15-,18+,19+/m1/s1. The van der Waals surface area contributed by atoms with Crippen LogP contribution in [0.2, 0.25) is 0 Å². The normalized spacial score (nSPS) is 20.2. The summed E-state index contributed by atoms with van der Waals surface area (Å²) in [6.07, 6.45) is 1.56. The van der Waals surface area contributed by atoms with Crippen molar-refractivity contribution in [3.8, 4) is 0 Å². The van der Waals surface area contributed by atoms with Gasteiger partial charge in [-0.15, -0.1) is 0 Å². The molecule has 11 heteroatoms. The first-order valence-electron chi connectivity index (χ1n) is 11.0. The Morgan fingerprint density at radius 3 is 2.56 bits per heavy atom.